The Balaban J connectivity index is 2.67. The first-order valence-corrected chi connectivity index (χ1v) is 4.22. The van der Waals surface area contributed by atoms with Crippen LogP contribution in [0.15, 0.2) is 28.7 Å². The number of aliphatic hydroxyl groups is 4. The monoisotopic (exact) mass is 199 g/mol. The second-order valence-corrected chi connectivity index (χ2v) is 3.09. The number of hydrogen-bond donors (Lipinski definition) is 4. The van der Waals surface area contributed by atoms with Gasteiger partial charge in [-0.15, -0.1) is 0 Å². The van der Waals surface area contributed by atoms with Crippen LogP contribution in [0, 0.1) is 0 Å². The molecule has 0 saturated carbocycles. The Morgan fingerprint density at radius 1 is 1.50 bits per heavy atom. The smallest absolute Gasteiger partial charge is 0.152 e. The summed E-state index contributed by atoms with van der Waals surface area (Å²) < 4.78 is 0. The van der Waals surface area contributed by atoms with Crippen LogP contribution >= 0.6 is 0 Å². The fourth-order valence-corrected chi connectivity index (χ4v) is 1.11. The Kier molecular flexibility index (Phi) is 3.27. The average Bonchev–Trinajstić information content (AvgIpc) is 2.13. The highest BCUT2D eigenvalue weighted by molar-refractivity contribution is 5.72. The molecule has 78 valence electrons. The molecule has 0 bridgehead atoms. The van der Waals surface area contributed by atoms with Crippen molar-refractivity contribution in [3.05, 3.63) is 23.7 Å². The molecule has 0 aliphatic heterocycles. The maximum absolute atomic E-state index is 9.76. The van der Waals surface area contributed by atoms with Crippen molar-refractivity contribution in [3.8, 4) is 0 Å². The maximum atomic E-state index is 9.76. The van der Waals surface area contributed by atoms with Crippen LogP contribution in [0.1, 0.15) is 6.42 Å². The Bertz CT molecular complexity index is 295. The molecule has 0 aromatic rings. The van der Waals surface area contributed by atoms with E-state index in [1.807, 2.05) is 0 Å². The topological polar surface area (TPSA) is 93.3 Å². The van der Waals surface area contributed by atoms with Crippen LogP contribution in [0.4, 0.5) is 0 Å². The summed E-state index contributed by atoms with van der Waals surface area (Å²) in [4.78, 5) is 3.75. The highest BCUT2D eigenvalue weighted by atomic mass is 16.3. The molecule has 0 radical (unpaired) electrons. The molecule has 0 amide bonds. The molecule has 1 aliphatic carbocycles. The van der Waals surface area contributed by atoms with Crippen molar-refractivity contribution in [2.75, 3.05) is 13.2 Å². The van der Waals surface area contributed by atoms with E-state index in [9.17, 15) is 10.2 Å². The minimum atomic E-state index is -1.37. The van der Waals surface area contributed by atoms with Crippen LogP contribution in [-0.4, -0.2) is 45.4 Å². The molecule has 0 spiro atoms. The van der Waals surface area contributed by atoms with Crippen molar-refractivity contribution in [2.24, 2.45) is 4.99 Å². The summed E-state index contributed by atoms with van der Waals surface area (Å²) in [5.41, 5.74) is -1.37. The van der Waals surface area contributed by atoms with Crippen molar-refractivity contribution in [1.82, 2.24) is 0 Å². The molecule has 0 saturated heterocycles. The third-order valence-corrected chi connectivity index (χ3v) is 1.82. The summed E-state index contributed by atoms with van der Waals surface area (Å²) in [6.07, 6.45) is 3.68. The van der Waals surface area contributed by atoms with E-state index in [1.54, 1.807) is 0 Å². The summed E-state index contributed by atoms with van der Waals surface area (Å²) in [7, 11) is 0. The first-order valence-electron chi connectivity index (χ1n) is 4.22. The van der Waals surface area contributed by atoms with Gasteiger partial charge in [0.1, 0.15) is 11.4 Å². The van der Waals surface area contributed by atoms with Gasteiger partial charge in [0, 0.05) is 12.6 Å². The lowest BCUT2D eigenvalue weighted by Crippen LogP contribution is -2.31. The van der Waals surface area contributed by atoms with Crippen LogP contribution in [-0.2, 0) is 0 Å². The summed E-state index contributed by atoms with van der Waals surface area (Å²) in [5, 5.41) is 36.4. The highest BCUT2D eigenvalue weighted by Crippen LogP contribution is 2.22. The lowest BCUT2D eigenvalue weighted by atomic mass is 9.95. The number of aliphatic hydroxyl groups excluding tert-OH is 3. The maximum Gasteiger partial charge on any atom is 0.152 e. The zero-order chi connectivity index (χ0) is 10.6. The van der Waals surface area contributed by atoms with Gasteiger partial charge in [-0.3, -0.25) is 4.99 Å². The number of rotatable bonds is 3. The van der Waals surface area contributed by atoms with Gasteiger partial charge >= 0.3 is 0 Å². The van der Waals surface area contributed by atoms with Crippen molar-refractivity contribution in [2.45, 2.75) is 12.0 Å². The standard InChI is InChI=1S/C9H13NO4/c11-4-3-10-6-9(14)2-1-7(12)8(13)5-9/h1-2,6,11-14H,3-5H2. The molecule has 1 rings (SSSR count). The molecule has 0 aromatic heterocycles. The van der Waals surface area contributed by atoms with Crippen LogP contribution in [0.25, 0.3) is 0 Å². The average molecular weight is 199 g/mol. The van der Waals surface area contributed by atoms with Gasteiger partial charge in [0.2, 0.25) is 0 Å². The van der Waals surface area contributed by atoms with E-state index < -0.39 is 5.60 Å². The Morgan fingerprint density at radius 2 is 2.21 bits per heavy atom. The van der Waals surface area contributed by atoms with Crippen molar-refractivity contribution in [3.63, 3.8) is 0 Å². The summed E-state index contributed by atoms with van der Waals surface area (Å²) >= 11 is 0. The van der Waals surface area contributed by atoms with Gasteiger partial charge in [0.15, 0.2) is 5.76 Å². The van der Waals surface area contributed by atoms with Crippen LogP contribution < -0.4 is 0 Å². The van der Waals surface area contributed by atoms with Crippen molar-refractivity contribution < 1.29 is 20.4 Å². The van der Waals surface area contributed by atoms with Crippen molar-refractivity contribution in [1.29, 1.82) is 0 Å². The Hall–Kier alpha value is -1.33. The molecular weight excluding hydrogens is 186 g/mol. The van der Waals surface area contributed by atoms with Gasteiger partial charge < -0.3 is 20.4 Å². The third kappa shape index (κ3) is 2.58. The first-order chi connectivity index (χ1) is 6.57. The second-order valence-electron chi connectivity index (χ2n) is 3.09. The summed E-state index contributed by atoms with van der Waals surface area (Å²) in [6.45, 7) is 0.107. The normalized spacial score (nSPS) is 27.6. The molecule has 14 heavy (non-hydrogen) atoms. The minimum Gasteiger partial charge on any atom is -0.508 e. The van der Waals surface area contributed by atoms with Crippen LogP contribution in [0.3, 0.4) is 0 Å². The molecular formula is C9H13NO4. The predicted molar refractivity (Wildman–Crippen MR) is 51.4 cm³/mol. The van der Waals surface area contributed by atoms with Crippen LogP contribution in [0.2, 0.25) is 0 Å². The Morgan fingerprint density at radius 3 is 2.79 bits per heavy atom. The van der Waals surface area contributed by atoms with E-state index in [2.05, 4.69) is 4.99 Å². The quantitative estimate of drug-likeness (QED) is 0.484. The highest BCUT2D eigenvalue weighted by Gasteiger charge is 2.27. The third-order valence-electron chi connectivity index (χ3n) is 1.82. The molecule has 1 unspecified atom stereocenters. The van der Waals surface area contributed by atoms with Gasteiger partial charge in [-0.05, 0) is 12.2 Å². The molecule has 5 nitrogen and oxygen atoms in total. The number of nitrogens with zero attached hydrogens (tertiary/aromatic N) is 1. The fourth-order valence-electron chi connectivity index (χ4n) is 1.11. The van der Waals surface area contributed by atoms with E-state index in [4.69, 9.17) is 10.2 Å². The van der Waals surface area contributed by atoms with Crippen LogP contribution in [0.5, 0.6) is 0 Å². The molecule has 0 aromatic carbocycles. The van der Waals surface area contributed by atoms with Gasteiger partial charge in [0.05, 0.1) is 13.2 Å². The molecule has 0 fully saturated rings. The molecule has 1 aliphatic rings. The lowest BCUT2D eigenvalue weighted by Gasteiger charge is -2.22. The van der Waals surface area contributed by atoms with Gasteiger partial charge in [-0.1, -0.05) is 0 Å². The van der Waals surface area contributed by atoms with E-state index in [-0.39, 0.29) is 31.1 Å². The SMILES string of the molecule is OCCN=CC1(O)C=CC(O)=C(O)C1. The predicted octanol–water partition coefficient (Wildman–Crippen LogP) is 0.0681. The zero-order valence-corrected chi connectivity index (χ0v) is 7.59. The molecule has 4 N–H and O–H groups in total. The van der Waals surface area contributed by atoms with E-state index in [0.29, 0.717) is 0 Å². The van der Waals surface area contributed by atoms with E-state index in [1.165, 1.54) is 18.4 Å². The molecule has 0 heterocycles. The number of aliphatic imine (C=N–C) groups is 1. The van der Waals surface area contributed by atoms with E-state index >= 15 is 0 Å². The fraction of sp³-hybridized carbons (Fsp3) is 0.444. The second kappa shape index (κ2) is 4.26. The molecule has 1 atom stereocenters. The van der Waals surface area contributed by atoms with Crippen molar-refractivity contribution >= 4 is 6.21 Å². The van der Waals surface area contributed by atoms with Gasteiger partial charge in [0.25, 0.3) is 0 Å². The summed E-state index contributed by atoms with van der Waals surface area (Å²) in [6, 6.07) is 0. The number of allylic oxidation sites excluding steroid dienone is 1. The molecule has 5 heteroatoms. The Labute approximate surface area is 81.3 Å². The largest absolute Gasteiger partial charge is 0.508 e. The minimum absolute atomic E-state index is 0.0939. The van der Waals surface area contributed by atoms with Gasteiger partial charge in [-0.25, -0.2) is 0 Å². The summed E-state index contributed by atoms with van der Waals surface area (Å²) in [5.74, 6) is -0.518. The lowest BCUT2D eigenvalue weighted by molar-refractivity contribution is 0.141. The zero-order valence-electron chi connectivity index (χ0n) is 7.59. The van der Waals surface area contributed by atoms with E-state index in [0.717, 1.165) is 0 Å². The van der Waals surface area contributed by atoms with Gasteiger partial charge in [-0.2, -0.15) is 0 Å². The number of hydrogen-bond acceptors (Lipinski definition) is 5. The first kappa shape index (κ1) is 10.7.